The zero-order valence-electron chi connectivity index (χ0n) is 12.5. The van der Waals surface area contributed by atoms with Gasteiger partial charge >= 0.3 is 0 Å². The Labute approximate surface area is 111 Å². The van der Waals surface area contributed by atoms with Crippen LogP contribution in [0.1, 0.15) is 51.8 Å². The van der Waals surface area contributed by atoms with E-state index in [1.54, 1.807) is 0 Å². The third-order valence-electron chi connectivity index (χ3n) is 3.82. The van der Waals surface area contributed by atoms with Gasteiger partial charge in [0, 0.05) is 30.8 Å². The highest BCUT2D eigenvalue weighted by atomic mass is 15.3. The first-order valence-electron chi connectivity index (χ1n) is 7.11. The zero-order valence-corrected chi connectivity index (χ0v) is 12.5. The second-order valence-electron chi connectivity index (χ2n) is 6.87. The fourth-order valence-corrected chi connectivity index (χ4v) is 2.56. The molecule has 0 bridgehead atoms. The smallest absolute Gasteiger partial charge is 0.0722 e. The summed E-state index contributed by atoms with van der Waals surface area (Å²) in [7, 11) is 2.01. The molecule has 0 radical (unpaired) electrons. The summed E-state index contributed by atoms with van der Waals surface area (Å²) in [4.78, 5) is 0. The van der Waals surface area contributed by atoms with Crippen molar-refractivity contribution in [2.45, 2.75) is 52.5 Å². The number of nitrogens with one attached hydrogen (secondary N) is 1. The summed E-state index contributed by atoms with van der Waals surface area (Å²) < 4.78 is 1.93. The molecule has 1 heterocycles. The molecule has 18 heavy (non-hydrogen) atoms. The van der Waals surface area contributed by atoms with E-state index in [4.69, 9.17) is 0 Å². The van der Waals surface area contributed by atoms with Crippen molar-refractivity contribution in [1.82, 2.24) is 15.1 Å². The van der Waals surface area contributed by atoms with Gasteiger partial charge < -0.3 is 5.32 Å². The van der Waals surface area contributed by atoms with Crippen LogP contribution in [0.15, 0.2) is 6.20 Å². The molecule has 0 aromatic carbocycles. The van der Waals surface area contributed by atoms with E-state index in [9.17, 15) is 0 Å². The highest BCUT2D eigenvalue weighted by Gasteiger charge is 2.27. The number of nitrogens with zero attached hydrogens (tertiary/aromatic N) is 2. The number of hydrogen-bond acceptors (Lipinski definition) is 2. The van der Waals surface area contributed by atoms with Crippen molar-refractivity contribution in [3.05, 3.63) is 17.5 Å². The van der Waals surface area contributed by atoms with Gasteiger partial charge in [0.05, 0.1) is 5.69 Å². The SMILES string of the molecule is CC(CNCc1cn(C)nc1C(C)(C)C)C1CC1. The number of aryl methyl sites for hydroxylation is 1. The monoisotopic (exact) mass is 249 g/mol. The maximum Gasteiger partial charge on any atom is 0.0722 e. The first kappa shape index (κ1) is 13.6. The van der Waals surface area contributed by atoms with Gasteiger partial charge in [0.25, 0.3) is 0 Å². The van der Waals surface area contributed by atoms with Crippen LogP contribution in [-0.2, 0) is 19.0 Å². The maximum absolute atomic E-state index is 4.60. The summed E-state index contributed by atoms with van der Waals surface area (Å²) in [5.41, 5.74) is 2.69. The van der Waals surface area contributed by atoms with E-state index in [-0.39, 0.29) is 5.41 Å². The van der Waals surface area contributed by atoms with Crippen molar-refractivity contribution in [2.24, 2.45) is 18.9 Å². The van der Waals surface area contributed by atoms with Gasteiger partial charge in [0.2, 0.25) is 0 Å². The van der Waals surface area contributed by atoms with Gasteiger partial charge in [-0.05, 0) is 31.2 Å². The van der Waals surface area contributed by atoms with Crippen molar-refractivity contribution in [1.29, 1.82) is 0 Å². The van der Waals surface area contributed by atoms with E-state index in [1.807, 2.05) is 11.7 Å². The van der Waals surface area contributed by atoms with Gasteiger partial charge in [0.15, 0.2) is 0 Å². The third kappa shape index (κ3) is 3.35. The molecular formula is C15H27N3. The van der Waals surface area contributed by atoms with Gasteiger partial charge in [-0.1, -0.05) is 27.7 Å². The van der Waals surface area contributed by atoms with Gasteiger partial charge in [-0.15, -0.1) is 0 Å². The maximum atomic E-state index is 4.60. The molecule has 3 heteroatoms. The van der Waals surface area contributed by atoms with Crippen LogP contribution in [0.5, 0.6) is 0 Å². The molecule has 1 aliphatic carbocycles. The lowest BCUT2D eigenvalue weighted by molar-refractivity contribution is 0.458. The first-order chi connectivity index (χ1) is 8.38. The molecule has 0 saturated heterocycles. The Kier molecular flexibility index (Phi) is 3.81. The zero-order chi connectivity index (χ0) is 13.3. The van der Waals surface area contributed by atoms with Crippen LogP contribution in [-0.4, -0.2) is 16.3 Å². The quantitative estimate of drug-likeness (QED) is 0.869. The summed E-state index contributed by atoms with van der Waals surface area (Å²) in [5, 5.41) is 8.20. The van der Waals surface area contributed by atoms with Crippen molar-refractivity contribution < 1.29 is 0 Å². The van der Waals surface area contributed by atoms with Crippen LogP contribution in [0.3, 0.4) is 0 Å². The standard InChI is InChI=1S/C15H27N3/c1-11(12-6-7-12)8-16-9-13-10-18(5)17-14(13)15(2,3)4/h10-12,16H,6-9H2,1-5H3. The second-order valence-corrected chi connectivity index (χ2v) is 6.87. The Hall–Kier alpha value is -0.830. The Morgan fingerprint density at radius 2 is 2.11 bits per heavy atom. The summed E-state index contributed by atoms with van der Waals surface area (Å²) in [5.74, 6) is 1.80. The molecule has 1 atom stereocenters. The highest BCUT2D eigenvalue weighted by molar-refractivity contribution is 5.23. The third-order valence-corrected chi connectivity index (χ3v) is 3.82. The average molecular weight is 249 g/mol. The lowest BCUT2D eigenvalue weighted by Crippen LogP contribution is -2.23. The Bertz CT molecular complexity index is 396. The number of rotatable bonds is 5. The van der Waals surface area contributed by atoms with Crippen LogP contribution < -0.4 is 5.32 Å². The first-order valence-corrected chi connectivity index (χ1v) is 7.11. The summed E-state index contributed by atoms with van der Waals surface area (Å²) in [6.45, 7) is 11.1. The van der Waals surface area contributed by atoms with Gasteiger partial charge in [-0.2, -0.15) is 5.10 Å². The number of aromatic nitrogens is 2. The van der Waals surface area contributed by atoms with Crippen molar-refractivity contribution in [2.75, 3.05) is 6.54 Å². The molecule has 102 valence electrons. The summed E-state index contributed by atoms with van der Waals surface area (Å²) >= 11 is 0. The lowest BCUT2D eigenvalue weighted by atomic mass is 9.89. The molecule has 1 fully saturated rings. The predicted molar refractivity (Wildman–Crippen MR) is 75.5 cm³/mol. The topological polar surface area (TPSA) is 29.9 Å². The molecule has 1 saturated carbocycles. The molecule has 1 aliphatic rings. The van der Waals surface area contributed by atoms with Crippen LogP contribution >= 0.6 is 0 Å². The van der Waals surface area contributed by atoms with E-state index < -0.39 is 0 Å². The van der Waals surface area contributed by atoms with Crippen molar-refractivity contribution in [3.63, 3.8) is 0 Å². The summed E-state index contributed by atoms with van der Waals surface area (Å²) in [6, 6.07) is 0. The molecule has 2 rings (SSSR count). The normalized spacial score (nSPS) is 18.1. The Balaban J connectivity index is 1.92. The van der Waals surface area contributed by atoms with E-state index in [1.165, 1.54) is 24.1 Å². The number of hydrogen-bond donors (Lipinski definition) is 1. The summed E-state index contributed by atoms with van der Waals surface area (Å²) in [6.07, 6.45) is 5.02. The van der Waals surface area contributed by atoms with Crippen molar-refractivity contribution in [3.8, 4) is 0 Å². The van der Waals surface area contributed by atoms with Crippen LogP contribution in [0.25, 0.3) is 0 Å². The fourth-order valence-electron chi connectivity index (χ4n) is 2.56. The van der Waals surface area contributed by atoms with E-state index in [0.29, 0.717) is 0 Å². The molecule has 3 nitrogen and oxygen atoms in total. The van der Waals surface area contributed by atoms with E-state index >= 15 is 0 Å². The molecule has 1 aromatic rings. The Morgan fingerprint density at radius 3 is 2.67 bits per heavy atom. The van der Waals surface area contributed by atoms with E-state index in [2.05, 4.69) is 44.3 Å². The Morgan fingerprint density at radius 1 is 1.44 bits per heavy atom. The molecular weight excluding hydrogens is 222 g/mol. The molecule has 1 aromatic heterocycles. The second kappa shape index (κ2) is 5.04. The van der Waals surface area contributed by atoms with Crippen LogP contribution in [0.2, 0.25) is 0 Å². The van der Waals surface area contributed by atoms with Crippen LogP contribution in [0, 0.1) is 11.8 Å². The average Bonchev–Trinajstić information content (AvgIpc) is 3.02. The fraction of sp³-hybridized carbons (Fsp3) is 0.800. The molecule has 0 aliphatic heterocycles. The minimum Gasteiger partial charge on any atom is -0.312 e. The molecule has 1 unspecified atom stereocenters. The van der Waals surface area contributed by atoms with Gasteiger partial charge in [-0.25, -0.2) is 0 Å². The minimum atomic E-state index is 0.125. The molecule has 0 spiro atoms. The lowest BCUT2D eigenvalue weighted by Gasteiger charge is -2.18. The minimum absolute atomic E-state index is 0.125. The van der Waals surface area contributed by atoms with Crippen molar-refractivity contribution >= 4 is 0 Å². The highest BCUT2D eigenvalue weighted by Crippen LogP contribution is 2.36. The van der Waals surface area contributed by atoms with Crippen LogP contribution in [0.4, 0.5) is 0 Å². The van der Waals surface area contributed by atoms with E-state index in [0.717, 1.165) is 24.9 Å². The largest absolute Gasteiger partial charge is 0.312 e. The molecule has 1 N–H and O–H groups in total. The van der Waals surface area contributed by atoms with Gasteiger partial charge in [0.1, 0.15) is 0 Å². The molecule has 0 amide bonds. The predicted octanol–water partition coefficient (Wildman–Crippen LogP) is 2.85. The van der Waals surface area contributed by atoms with Gasteiger partial charge in [-0.3, -0.25) is 4.68 Å².